The van der Waals surface area contributed by atoms with Crippen LogP contribution >= 0.6 is 22.7 Å². The third-order valence-corrected chi connectivity index (χ3v) is 6.09. The van der Waals surface area contributed by atoms with E-state index in [2.05, 4.69) is 5.32 Å². The first-order valence-corrected chi connectivity index (χ1v) is 10.0. The molecule has 0 bridgehead atoms. The van der Waals surface area contributed by atoms with Crippen LogP contribution in [0.5, 0.6) is 0 Å². The predicted molar refractivity (Wildman–Crippen MR) is 113 cm³/mol. The fourth-order valence-corrected chi connectivity index (χ4v) is 4.58. The number of carbonyl (C=O) groups excluding carboxylic acids is 1. The van der Waals surface area contributed by atoms with Crippen molar-refractivity contribution in [3.05, 3.63) is 68.9 Å². The molecule has 27 heavy (non-hydrogen) atoms. The van der Waals surface area contributed by atoms with E-state index >= 15 is 0 Å². The first kappa shape index (κ1) is 19.1. The minimum Gasteiger partial charge on any atom is -0.478 e. The van der Waals surface area contributed by atoms with Gasteiger partial charge in [-0.05, 0) is 50.1 Å². The maximum absolute atomic E-state index is 12.6. The Hall–Kier alpha value is -2.70. The largest absolute Gasteiger partial charge is 0.478 e. The third kappa shape index (κ3) is 4.18. The lowest BCUT2D eigenvalue weighted by Crippen LogP contribution is -2.14. The van der Waals surface area contributed by atoms with Crippen molar-refractivity contribution < 1.29 is 14.7 Å². The van der Waals surface area contributed by atoms with Crippen LogP contribution in [0.1, 0.15) is 33.3 Å². The number of nitrogens with one attached hydrogen (secondary N) is 1. The Morgan fingerprint density at radius 1 is 1.11 bits per heavy atom. The van der Waals surface area contributed by atoms with Crippen molar-refractivity contribution in [2.45, 2.75) is 20.8 Å². The number of aryl methyl sites for hydroxylation is 2. The first-order chi connectivity index (χ1) is 12.9. The van der Waals surface area contributed by atoms with E-state index in [1.165, 1.54) is 22.7 Å². The Bertz CT molecular complexity index is 1040. The molecule has 1 aromatic carbocycles. The Morgan fingerprint density at radius 3 is 2.48 bits per heavy atom. The van der Waals surface area contributed by atoms with Gasteiger partial charge in [-0.3, -0.25) is 4.79 Å². The molecule has 3 aromatic rings. The second kappa shape index (κ2) is 7.90. The molecule has 0 aliphatic carbocycles. The van der Waals surface area contributed by atoms with Gasteiger partial charge in [-0.1, -0.05) is 24.3 Å². The molecule has 138 valence electrons. The van der Waals surface area contributed by atoms with E-state index in [0.29, 0.717) is 16.1 Å². The Kier molecular flexibility index (Phi) is 5.58. The smallest absolute Gasteiger partial charge is 0.339 e. The zero-order valence-electron chi connectivity index (χ0n) is 15.2. The van der Waals surface area contributed by atoms with Gasteiger partial charge in [0.15, 0.2) is 0 Å². The van der Waals surface area contributed by atoms with Crippen LogP contribution in [0.4, 0.5) is 5.00 Å². The molecule has 0 unspecified atom stereocenters. The van der Waals surface area contributed by atoms with E-state index < -0.39 is 5.97 Å². The Balaban J connectivity index is 1.89. The fraction of sp³-hybridized carbons (Fsp3) is 0.143. The number of carboxylic acid groups (broad SMARTS) is 1. The fourth-order valence-electron chi connectivity index (χ4n) is 2.67. The van der Waals surface area contributed by atoms with Crippen molar-refractivity contribution in [1.29, 1.82) is 0 Å². The van der Waals surface area contributed by atoms with Gasteiger partial charge in [0.25, 0.3) is 5.91 Å². The first-order valence-electron chi connectivity index (χ1n) is 8.33. The molecule has 2 N–H and O–H groups in total. The molecule has 3 rings (SSSR count). The lowest BCUT2D eigenvalue weighted by Gasteiger charge is -2.07. The summed E-state index contributed by atoms with van der Waals surface area (Å²) < 4.78 is 0. The molecule has 0 fully saturated rings. The van der Waals surface area contributed by atoms with Gasteiger partial charge in [-0.2, -0.15) is 0 Å². The second-order valence-electron chi connectivity index (χ2n) is 6.21. The van der Waals surface area contributed by atoms with Crippen molar-refractivity contribution in [3.63, 3.8) is 0 Å². The summed E-state index contributed by atoms with van der Waals surface area (Å²) in [4.78, 5) is 26.4. The van der Waals surface area contributed by atoms with Gasteiger partial charge in [0.1, 0.15) is 10.6 Å². The highest BCUT2D eigenvalue weighted by atomic mass is 32.1. The van der Waals surface area contributed by atoms with Crippen molar-refractivity contribution in [3.8, 4) is 10.4 Å². The topological polar surface area (TPSA) is 66.4 Å². The Morgan fingerprint density at radius 2 is 1.85 bits per heavy atom. The summed E-state index contributed by atoms with van der Waals surface area (Å²) in [7, 11) is 0. The standard InChI is InChI=1S/C21H19NO3S2/c1-12-6-4-5-7-15(12)10-13(2)19(23)22-20-18(21(24)25)16(11-26-20)17-9-8-14(3)27-17/h4-11H,1-3H3,(H,22,23)(H,24,25)/b13-10+. The van der Waals surface area contributed by atoms with Crippen LogP contribution in [0.25, 0.3) is 16.5 Å². The van der Waals surface area contributed by atoms with Crippen LogP contribution in [-0.4, -0.2) is 17.0 Å². The highest BCUT2D eigenvalue weighted by Gasteiger charge is 2.22. The van der Waals surface area contributed by atoms with E-state index in [1.54, 1.807) is 12.3 Å². The van der Waals surface area contributed by atoms with Crippen molar-refractivity contribution >= 4 is 45.6 Å². The van der Waals surface area contributed by atoms with Crippen LogP contribution in [0.2, 0.25) is 0 Å². The highest BCUT2D eigenvalue weighted by Crippen LogP contribution is 2.38. The molecule has 0 spiro atoms. The van der Waals surface area contributed by atoms with Crippen molar-refractivity contribution in [1.82, 2.24) is 0 Å². The summed E-state index contributed by atoms with van der Waals surface area (Å²) in [5, 5.41) is 14.6. The summed E-state index contributed by atoms with van der Waals surface area (Å²) >= 11 is 2.76. The maximum Gasteiger partial charge on any atom is 0.339 e. The quantitative estimate of drug-likeness (QED) is 0.532. The number of hydrogen-bond donors (Lipinski definition) is 2. The van der Waals surface area contributed by atoms with E-state index in [0.717, 1.165) is 20.9 Å². The SMILES string of the molecule is C/C(=C\c1ccccc1C)C(=O)Nc1scc(-c2ccc(C)s2)c1C(=O)O. The van der Waals surface area contributed by atoms with Gasteiger partial charge in [0.05, 0.1) is 0 Å². The van der Waals surface area contributed by atoms with Crippen LogP contribution < -0.4 is 5.32 Å². The van der Waals surface area contributed by atoms with E-state index in [1.807, 2.05) is 56.3 Å². The molecule has 0 saturated heterocycles. The van der Waals surface area contributed by atoms with E-state index in [-0.39, 0.29) is 11.5 Å². The molecule has 2 heterocycles. The van der Waals surface area contributed by atoms with Crippen molar-refractivity contribution in [2.75, 3.05) is 5.32 Å². The molecule has 2 aromatic heterocycles. The zero-order valence-corrected chi connectivity index (χ0v) is 16.8. The van der Waals surface area contributed by atoms with Gasteiger partial charge < -0.3 is 10.4 Å². The molecular formula is C21H19NO3S2. The molecule has 0 radical (unpaired) electrons. The average molecular weight is 398 g/mol. The number of carbonyl (C=O) groups is 2. The highest BCUT2D eigenvalue weighted by molar-refractivity contribution is 7.17. The van der Waals surface area contributed by atoms with Crippen LogP contribution in [-0.2, 0) is 4.79 Å². The number of carboxylic acids is 1. The van der Waals surface area contributed by atoms with Crippen LogP contribution in [0, 0.1) is 13.8 Å². The summed E-state index contributed by atoms with van der Waals surface area (Å²) in [5.41, 5.74) is 3.33. The monoisotopic (exact) mass is 397 g/mol. The summed E-state index contributed by atoms with van der Waals surface area (Å²) in [6.07, 6.45) is 1.81. The van der Waals surface area contributed by atoms with Crippen molar-refractivity contribution in [2.24, 2.45) is 0 Å². The van der Waals surface area contributed by atoms with E-state index in [9.17, 15) is 14.7 Å². The number of amides is 1. The molecule has 0 aliphatic heterocycles. The summed E-state index contributed by atoms with van der Waals surface area (Å²) in [6, 6.07) is 11.6. The van der Waals surface area contributed by atoms with Gasteiger partial charge >= 0.3 is 5.97 Å². The normalized spacial score (nSPS) is 11.4. The second-order valence-corrected chi connectivity index (χ2v) is 8.37. The number of aromatic carboxylic acids is 1. The lowest BCUT2D eigenvalue weighted by molar-refractivity contribution is -0.112. The minimum atomic E-state index is -1.05. The van der Waals surface area contributed by atoms with Crippen LogP contribution in [0.3, 0.4) is 0 Å². The molecule has 4 nitrogen and oxygen atoms in total. The van der Waals surface area contributed by atoms with Crippen LogP contribution in [0.15, 0.2) is 47.4 Å². The number of thiophene rings is 2. The maximum atomic E-state index is 12.6. The molecule has 0 atom stereocenters. The number of anilines is 1. The predicted octanol–water partition coefficient (Wildman–Crippen LogP) is 5.83. The van der Waals surface area contributed by atoms with Gasteiger partial charge in [0.2, 0.25) is 0 Å². The van der Waals surface area contributed by atoms with Gasteiger partial charge in [-0.25, -0.2) is 4.79 Å². The molecule has 0 saturated carbocycles. The number of hydrogen-bond acceptors (Lipinski definition) is 4. The molecule has 1 amide bonds. The molecular weight excluding hydrogens is 378 g/mol. The minimum absolute atomic E-state index is 0.138. The van der Waals surface area contributed by atoms with Gasteiger partial charge in [0, 0.05) is 26.3 Å². The Labute approximate surface area is 165 Å². The third-order valence-electron chi connectivity index (χ3n) is 4.16. The summed E-state index contributed by atoms with van der Waals surface area (Å²) in [6.45, 7) is 5.68. The average Bonchev–Trinajstić information content (AvgIpc) is 3.23. The molecule has 0 aliphatic rings. The lowest BCUT2D eigenvalue weighted by atomic mass is 10.1. The number of benzene rings is 1. The summed E-state index contributed by atoms with van der Waals surface area (Å²) in [5.74, 6) is -1.36. The number of rotatable bonds is 5. The van der Waals surface area contributed by atoms with E-state index in [4.69, 9.17) is 0 Å². The van der Waals surface area contributed by atoms with Gasteiger partial charge in [-0.15, -0.1) is 22.7 Å². The zero-order chi connectivity index (χ0) is 19.6. The molecule has 6 heteroatoms.